The van der Waals surface area contributed by atoms with Crippen LogP contribution < -0.4 is 27.4 Å². The molecule has 3 amide bonds. The molecule has 35 heavy (non-hydrogen) atoms. The summed E-state index contributed by atoms with van der Waals surface area (Å²) >= 11 is 3.28. The number of nitrogens with two attached hydrogens (primary N) is 2. The second-order valence-electron chi connectivity index (χ2n) is 8.06. The molecule has 0 heterocycles. The van der Waals surface area contributed by atoms with Gasteiger partial charge in [-0.05, 0) is 43.0 Å². The Morgan fingerprint density at radius 3 is 2.14 bits per heavy atom. The van der Waals surface area contributed by atoms with E-state index in [1.807, 2.05) is 0 Å². The summed E-state index contributed by atoms with van der Waals surface area (Å²) in [6.45, 7) is 1.48. The predicted molar refractivity (Wildman–Crippen MR) is 132 cm³/mol. The van der Waals surface area contributed by atoms with E-state index >= 15 is 0 Å². The number of amides is 3. The van der Waals surface area contributed by atoms with E-state index in [1.54, 1.807) is 38.1 Å². The molecule has 194 valence electrons. The molecule has 0 aromatic heterocycles. The Hall–Kier alpha value is -3.06. The number of carbonyl (C=O) groups excluding carboxylic acids is 4. The third kappa shape index (κ3) is 10.4. The van der Waals surface area contributed by atoms with E-state index in [9.17, 15) is 28.7 Å². The van der Waals surface area contributed by atoms with Gasteiger partial charge in [-0.25, -0.2) is 4.39 Å². The predicted octanol–water partition coefficient (Wildman–Crippen LogP) is -0.242. The first-order chi connectivity index (χ1) is 16.5. The highest BCUT2D eigenvalue weighted by atomic mass is 79.9. The van der Waals surface area contributed by atoms with Crippen molar-refractivity contribution in [3.63, 3.8) is 0 Å². The SMILES string of the molecule is CC(C)[C@H](NC(=O)c1ccc(Br)cc1)C(=O)N[C@@H](CO)C(=O)N[C@@H](CCCN=C(N)N)C(=O)CF. The number of carbonyl (C=O) groups is 4. The number of halogens is 2. The van der Waals surface area contributed by atoms with Gasteiger partial charge >= 0.3 is 0 Å². The molecule has 13 heteroatoms. The summed E-state index contributed by atoms with van der Waals surface area (Å²) in [4.78, 5) is 53.7. The fourth-order valence-electron chi connectivity index (χ4n) is 3.00. The van der Waals surface area contributed by atoms with Crippen LogP contribution in [0.15, 0.2) is 33.7 Å². The van der Waals surface area contributed by atoms with E-state index in [-0.39, 0.29) is 31.3 Å². The number of aliphatic imine (C=N–C) groups is 1. The van der Waals surface area contributed by atoms with Crippen LogP contribution in [0.4, 0.5) is 4.39 Å². The van der Waals surface area contributed by atoms with Crippen LogP contribution in [0.1, 0.15) is 37.0 Å². The minimum absolute atomic E-state index is 0.0508. The molecule has 0 saturated heterocycles. The van der Waals surface area contributed by atoms with Crippen LogP contribution in [-0.4, -0.2) is 72.5 Å². The number of hydrogen-bond acceptors (Lipinski definition) is 6. The highest BCUT2D eigenvalue weighted by molar-refractivity contribution is 9.10. The Morgan fingerprint density at radius 1 is 1.03 bits per heavy atom. The van der Waals surface area contributed by atoms with Gasteiger partial charge in [-0.1, -0.05) is 29.8 Å². The van der Waals surface area contributed by atoms with Crippen molar-refractivity contribution in [1.82, 2.24) is 16.0 Å². The molecule has 0 saturated carbocycles. The minimum Gasteiger partial charge on any atom is -0.394 e. The van der Waals surface area contributed by atoms with Gasteiger partial charge in [-0.3, -0.25) is 24.2 Å². The number of ketones is 1. The number of aliphatic hydroxyl groups excluding tert-OH is 1. The zero-order valence-corrected chi connectivity index (χ0v) is 21.2. The molecule has 1 aromatic carbocycles. The van der Waals surface area contributed by atoms with Crippen molar-refractivity contribution in [2.24, 2.45) is 22.4 Å². The standard InChI is InChI=1S/C22H32BrFN6O5/c1-12(2)18(30-19(33)13-5-7-14(23)8-6-13)21(35)29-16(11-31)20(34)28-15(17(32)10-24)4-3-9-27-22(25)26/h5-8,12,15-16,18,31H,3-4,9-11H2,1-2H3,(H,28,34)(H,29,35)(H,30,33)(H4,25,26,27)/t15-,16-,18-/m0/s1. The maximum absolute atomic E-state index is 13.0. The van der Waals surface area contributed by atoms with Gasteiger partial charge in [0.1, 0.15) is 18.8 Å². The molecule has 0 unspecified atom stereocenters. The molecule has 0 aliphatic heterocycles. The fourth-order valence-corrected chi connectivity index (χ4v) is 3.26. The lowest BCUT2D eigenvalue weighted by Crippen LogP contribution is -2.58. The van der Waals surface area contributed by atoms with Gasteiger partial charge in [-0.2, -0.15) is 0 Å². The summed E-state index contributed by atoms with van der Waals surface area (Å²) in [5, 5.41) is 17.0. The summed E-state index contributed by atoms with van der Waals surface area (Å²) in [6, 6.07) is 2.87. The Kier molecular flexibility index (Phi) is 12.9. The monoisotopic (exact) mass is 558 g/mol. The molecule has 1 rings (SSSR count). The van der Waals surface area contributed by atoms with Crippen LogP contribution in [0.2, 0.25) is 0 Å². The molecular weight excluding hydrogens is 527 g/mol. The minimum atomic E-state index is -1.43. The Bertz CT molecular complexity index is 908. The maximum atomic E-state index is 13.0. The maximum Gasteiger partial charge on any atom is 0.251 e. The second-order valence-corrected chi connectivity index (χ2v) is 8.97. The molecule has 0 radical (unpaired) electrons. The summed E-state index contributed by atoms with van der Waals surface area (Å²) in [7, 11) is 0. The van der Waals surface area contributed by atoms with Crippen LogP contribution in [0.5, 0.6) is 0 Å². The highest BCUT2D eigenvalue weighted by Gasteiger charge is 2.30. The van der Waals surface area contributed by atoms with E-state index in [4.69, 9.17) is 11.5 Å². The average Bonchev–Trinajstić information content (AvgIpc) is 2.81. The van der Waals surface area contributed by atoms with E-state index in [1.165, 1.54) is 0 Å². The van der Waals surface area contributed by atoms with Crippen molar-refractivity contribution >= 4 is 45.4 Å². The Labute approximate surface area is 211 Å². The van der Waals surface area contributed by atoms with E-state index < -0.39 is 54.9 Å². The first kappa shape index (κ1) is 30.0. The van der Waals surface area contributed by atoms with Crippen LogP contribution >= 0.6 is 15.9 Å². The van der Waals surface area contributed by atoms with Crippen LogP contribution in [0.25, 0.3) is 0 Å². The molecule has 3 atom stereocenters. The number of nitrogens with zero attached hydrogens (tertiary/aromatic N) is 1. The number of Topliss-reactive ketones (excluding diaryl/α,β-unsaturated/α-hetero) is 1. The summed E-state index contributed by atoms with van der Waals surface area (Å²) < 4.78 is 13.7. The quantitative estimate of drug-likeness (QED) is 0.103. The lowest BCUT2D eigenvalue weighted by molar-refractivity contribution is -0.133. The normalized spacial score (nSPS) is 13.3. The third-order valence-electron chi connectivity index (χ3n) is 4.94. The fraction of sp³-hybridized carbons (Fsp3) is 0.500. The molecule has 11 nitrogen and oxygen atoms in total. The number of nitrogens with one attached hydrogen (secondary N) is 3. The van der Waals surface area contributed by atoms with Gasteiger partial charge in [0.05, 0.1) is 12.6 Å². The lowest BCUT2D eigenvalue weighted by atomic mass is 10.0. The molecule has 0 aliphatic carbocycles. The number of aliphatic hydroxyl groups is 1. The zero-order valence-electron chi connectivity index (χ0n) is 19.6. The Morgan fingerprint density at radius 2 is 1.63 bits per heavy atom. The summed E-state index contributed by atoms with van der Waals surface area (Å²) in [6.07, 6.45) is 0.331. The van der Waals surface area contributed by atoms with Gasteiger partial charge in [0.25, 0.3) is 5.91 Å². The van der Waals surface area contributed by atoms with E-state index in [0.29, 0.717) is 5.56 Å². The number of hydrogen-bond donors (Lipinski definition) is 6. The zero-order chi connectivity index (χ0) is 26.5. The number of alkyl halides is 1. The van der Waals surface area contributed by atoms with Gasteiger partial charge in [0.15, 0.2) is 11.7 Å². The molecule has 0 spiro atoms. The summed E-state index contributed by atoms with van der Waals surface area (Å²) in [5.74, 6) is -3.44. The Balaban J connectivity index is 2.84. The largest absolute Gasteiger partial charge is 0.394 e. The molecule has 1 aromatic rings. The first-order valence-electron chi connectivity index (χ1n) is 10.9. The highest BCUT2D eigenvalue weighted by Crippen LogP contribution is 2.12. The second kappa shape index (κ2) is 15.0. The van der Waals surface area contributed by atoms with Crippen molar-refractivity contribution in [2.75, 3.05) is 19.8 Å². The molecular formula is C22H32BrFN6O5. The van der Waals surface area contributed by atoms with Gasteiger partial charge in [0, 0.05) is 16.6 Å². The number of guanidine groups is 1. The third-order valence-corrected chi connectivity index (χ3v) is 5.47. The molecule has 8 N–H and O–H groups in total. The topological polar surface area (TPSA) is 189 Å². The summed E-state index contributed by atoms with van der Waals surface area (Å²) in [5.41, 5.74) is 10.8. The van der Waals surface area contributed by atoms with Gasteiger partial charge < -0.3 is 32.5 Å². The smallest absolute Gasteiger partial charge is 0.251 e. The number of rotatable bonds is 14. The van der Waals surface area contributed by atoms with Crippen molar-refractivity contribution < 1.29 is 28.7 Å². The molecule has 0 fully saturated rings. The van der Waals surface area contributed by atoms with E-state index in [2.05, 4.69) is 36.9 Å². The number of benzene rings is 1. The van der Waals surface area contributed by atoms with Crippen molar-refractivity contribution in [3.05, 3.63) is 34.3 Å². The van der Waals surface area contributed by atoms with Crippen molar-refractivity contribution in [1.29, 1.82) is 0 Å². The van der Waals surface area contributed by atoms with Crippen LogP contribution in [0.3, 0.4) is 0 Å². The van der Waals surface area contributed by atoms with Gasteiger partial charge in [-0.15, -0.1) is 0 Å². The van der Waals surface area contributed by atoms with Gasteiger partial charge in [0.2, 0.25) is 11.8 Å². The lowest BCUT2D eigenvalue weighted by Gasteiger charge is -2.25. The van der Waals surface area contributed by atoms with Crippen LogP contribution in [-0.2, 0) is 14.4 Å². The first-order valence-corrected chi connectivity index (χ1v) is 11.7. The molecule has 0 bridgehead atoms. The van der Waals surface area contributed by atoms with Crippen LogP contribution in [0, 0.1) is 5.92 Å². The average molecular weight is 559 g/mol. The molecule has 0 aliphatic rings. The van der Waals surface area contributed by atoms with Crippen molar-refractivity contribution in [2.45, 2.75) is 44.8 Å². The van der Waals surface area contributed by atoms with Crippen molar-refractivity contribution in [3.8, 4) is 0 Å². The van der Waals surface area contributed by atoms with E-state index in [0.717, 1.165) is 4.47 Å².